The number of carbonyl (C=O) groups excluding carboxylic acids is 1. The molecule has 0 atom stereocenters. The summed E-state index contributed by atoms with van der Waals surface area (Å²) in [6.45, 7) is 4.15. The van der Waals surface area contributed by atoms with Crippen molar-refractivity contribution in [2.75, 3.05) is 13.1 Å². The highest BCUT2D eigenvalue weighted by atomic mass is 32.1. The van der Waals surface area contributed by atoms with Crippen LogP contribution in [0, 0.1) is 5.92 Å². The van der Waals surface area contributed by atoms with E-state index in [9.17, 15) is 4.79 Å². The van der Waals surface area contributed by atoms with E-state index in [1.807, 2.05) is 10.3 Å². The largest absolute Gasteiger partial charge is 0.343 e. The summed E-state index contributed by atoms with van der Waals surface area (Å²) in [7, 11) is 0. The van der Waals surface area contributed by atoms with Crippen molar-refractivity contribution in [1.82, 2.24) is 9.88 Å². The van der Waals surface area contributed by atoms with Gasteiger partial charge in [-0.15, -0.1) is 11.3 Å². The highest BCUT2D eigenvalue weighted by Gasteiger charge is 2.19. The van der Waals surface area contributed by atoms with E-state index in [0.29, 0.717) is 12.3 Å². The van der Waals surface area contributed by atoms with Crippen LogP contribution in [0.1, 0.15) is 31.2 Å². The lowest BCUT2D eigenvalue weighted by atomic mass is 9.99. The average Bonchev–Trinajstić information content (AvgIpc) is 2.80. The number of thiazole rings is 1. The molecule has 1 saturated heterocycles. The highest BCUT2D eigenvalue weighted by Crippen LogP contribution is 2.17. The summed E-state index contributed by atoms with van der Waals surface area (Å²) in [5.74, 6) is 1.07. The Morgan fingerprint density at radius 3 is 2.94 bits per heavy atom. The van der Waals surface area contributed by atoms with Crippen LogP contribution >= 0.6 is 11.3 Å². The van der Waals surface area contributed by atoms with Gasteiger partial charge in [-0.1, -0.05) is 6.92 Å². The number of likely N-dealkylation sites (tertiary alicyclic amines) is 1. The minimum atomic E-state index is 0.294. The predicted molar refractivity (Wildman–Crippen MR) is 65.4 cm³/mol. The molecule has 16 heavy (non-hydrogen) atoms. The number of piperidine rings is 1. The van der Waals surface area contributed by atoms with Crippen molar-refractivity contribution in [2.45, 2.75) is 32.6 Å². The Bertz CT molecular complexity index is 329. The van der Waals surface area contributed by atoms with Crippen molar-refractivity contribution in [2.24, 2.45) is 5.92 Å². The molecule has 1 aliphatic heterocycles. The standard InChI is InChI=1S/C12H18N2OS/c1-10-4-7-14(8-5-10)12(15)3-2-11-13-6-9-16-11/h6,9-10H,2-5,7-8H2,1H3. The van der Waals surface area contributed by atoms with E-state index >= 15 is 0 Å². The quantitative estimate of drug-likeness (QED) is 0.809. The van der Waals surface area contributed by atoms with E-state index in [1.54, 1.807) is 17.5 Å². The third-order valence-electron chi connectivity index (χ3n) is 3.17. The molecular formula is C12H18N2OS. The van der Waals surface area contributed by atoms with Gasteiger partial charge in [0, 0.05) is 37.5 Å². The van der Waals surface area contributed by atoms with E-state index in [-0.39, 0.29) is 0 Å². The number of nitrogens with zero attached hydrogens (tertiary/aromatic N) is 2. The van der Waals surface area contributed by atoms with Crippen LogP contribution in [-0.2, 0) is 11.2 Å². The number of amides is 1. The summed E-state index contributed by atoms with van der Waals surface area (Å²) < 4.78 is 0. The summed E-state index contributed by atoms with van der Waals surface area (Å²) in [5.41, 5.74) is 0. The Morgan fingerprint density at radius 2 is 2.31 bits per heavy atom. The lowest BCUT2D eigenvalue weighted by Crippen LogP contribution is -2.37. The van der Waals surface area contributed by atoms with Crippen molar-refractivity contribution in [3.63, 3.8) is 0 Å². The van der Waals surface area contributed by atoms with Gasteiger partial charge in [0.15, 0.2) is 0 Å². The van der Waals surface area contributed by atoms with Crippen LogP contribution in [0.3, 0.4) is 0 Å². The summed E-state index contributed by atoms with van der Waals surface area (Å²) in [6.07, 6.45) is 5.52. The van der Waals surface area contributed by atoms with Crippen LogP contribution in [0.2, 0.25) is 0 Å². The van der Waals surface area contributed by atoms with Gasteiger partial charge in [0.2, 0.25) is 5.91 Å². The molecule has 1 fully saturated rings. The van der Waals surface area contributed by atoms with Crippen molar-refractivity contribution in [1.29, 1.82) is 0 Å². The normalized spacial score (nSPS) is 17.7. The fourth-order valence-corrected chi connectivity index (χ4v) is 2.63. The fraction of sp³-hybridized carbons (Fsp3) is 0.667. The summed E-state index contributed by atoms with van der Waals surface area (Å²) in [4.78, 5) is 18.1. The molecule has 1 aliphatic rings. The maximum absolute atomic E-state index is 11.9. The van der Waals surface area contributed by atoms with Crippen LogP contribution in [0.5, 0.6) is 0 Å². The number of aryl methyl sites for hydroxylation is 1. The topological polar surface area (TPSA) is 33.2 Å². The second kappa shape index (κ2) is 5.43. The summed E-state index contributed by atoms with van der Waals surface area (Å²) >= 11 is 1.63. The maximum Gasteiger partial charge on any atom is 0.222 e. The third kappa shape index (κ3) is 3.04. The molecule has 3 nitrogen and oxygen atoms in total. The molecule has 0 unspecified atom stereocenters. The van der Waals surface area contributed by atoms with Crippen LogP contribution in [0.25, 0.3) is 0 Å². The molecule has 4 heteroatoms. The van der Waals surface area contributed by atoms with Gasteiger partial charge in [0.05, 0.1) is 5.01 Å². The molecule has 0 spiro atoms. The number of rotatable bonds is 3. The van der Waals surface area contributed by atoms with E-state index in [0.717, 1.165) is 43.3 Å². The summed E-state index contributed by atoms with van der Waals surface area (Å²) in [6, 6.07) is 0. The first-order valence-electron chi connectivity index (χ1n) is 5.92. The van der Waals surface area contributed by atoms with Gasteiger partial charge in [-0.05, 0) is 18.8 Å². The molecular weight excluding hydrogens is 220 g/mol. The molecule has 88 valence electrons. The number of carbonyl (C=O) groups is 1. The Balaban J connectivity index is 1.75. The van der Waals surface area contributed by atoms with Gasteiger partial charge in [-0.2, -0.15) is 0 Å². The lowest BCUT2D eigenvalue weighted by Gasteiger charge is -2.30. The monoisotopic (exact) mass is 238 g/mol. The zero-order valence-electron chi connectivity index (χ0n) is 9.69. The van der Waals surface area contributed by atoms with Crippen molar-refractivity contribution in [3.8, 4) is 0 Å². The average molecular weight is 238 g/mol. The van der Waals surface area contributed by atoms with Crippen LogP contribution < -0.4 is 0 Å². The second-order valence-electron chi connectivity index (χ2n) is 4.49. The Kier molecular flexibility index (Phi) is 3.93. The van der Waals surface area contributed by atoms with Crippen LogP contribution in [-0.4, -0.2) is 28.9 Å². The van der Waals surface area contributed by atoms with Crippen molar-refractivity contribution < 1.29 is 4.79 Å². The fourth-order valence-electron chi connectivity index (χ4n) is 2.01. The van der Waals surface area contributed by atoms with Gasteiger partial charge >= 0.3 is 0 Å². The van der Waals surface area contributed by atoms with Gasteiger partial charge in [0.1, 0.15) is 0 Å². The maximum atomic E-state index is 11.9. The smallest absolute Gasteiger partial charge is 0.222 e. The molecule has 0 aromatic carbocycles. The first-order valence-corrected chi connectivity index (χ1v) is 6.80. The number of hydrogen-bond donors (Lipinski definition) is 0. The molecule has 1 aromatic rings. The van der Waals surface area contributed by atoms with Gasteiger partial charge in [0.25, 0.3) is 0 Å². The van der Waals surface area contributed by atoms with Crippen LogP contribution in [0.4, 0.5) is 0 Å². The molecule has 1 amide bonds. The lowest BCUT2D eigenvalue weighted by molar-refractivity contribution is -0.132. The molecule has 0 radical (unpaired) electrons. The van der Waals surface area contributed by atoms with Gasteiger partial charge in [-0.25, -0.2) is 4.98 Å². The molecule has 0 aliphatic carbocycles. The van der Waals surface area contributed by atoms with Crippen molar-refractivity contribution in [3.05, 3.63) is 16.6 Å². The molecule has 1 aromatic heterocycles. The number of aromatic nitrogens is 1. The highest BCUT2D eigenvalue weighted by molar-refractivity contribution is 7.09. The third-order valence-corrected chi connectivity index (χ3v) is 4.01. The van der Waals surface area contributed by atoms with Crippen molar-refractivity contribution >= 4 is 17.2 Å². The zero-order chi connectivity index (χ0) is 11.4. The first-order chi connectivity index (χ1) is 7.75. The molecule has 2 heterocycles. The molecule has 2 rings (SSSR count). The van der Waals surface area contributed by atoms with Gasteiger partial charge in [-0.3, -0.25) is 4.79 Å². The van der Waals surface area contributed by atoms with E-state index < -0.39 is 0 Å². The number of hydrogen-bond acceptors (Lipinski definition) is 3. The Hall–Kier alpha value is -0.900. The van der Waals surface area contributed by atoms with E-state index in [4.69, 9.17) is 0 Å². The molecule has 0 N–H and O–H groups in total. The minimum Gasteiger partial charge on any atom is -0.343 e. The first kappa shape index (κ1) is 11.6. The molecule has 0 bridgehead atoms. The predicted octanol–water partition coefficient (Wildman–Crippen LogP) is 2.33. The SMILES string of the molecule is CC1CCN(C(=O)CCc2nccs2)CC1. The molecule has 0 saturated carbocycles. The minimum absolute atomic E-state index is 0.294. The van der Waals surface area contributed by atoms with Gasteiger partial charge < -0.3 is 4.90 Å². The Morgan fingerprint density at radius 1 is 1.56 bits per heavy atom. The Labute approximate surface area is 100 Å². The van der Waals surface area contributed by atoms with Crippen LogP contribution in [0.15, 0.2) is 11.6 Å². The second-order valence-corrected chi connectivity index (χ2v) is 5.47. The van der Waals surface area contributed by atoms with E-state index in [1.165, 1.54) is 0 Å². The summed E-state index contributed by atoms with van der Waals surface area (Å²) in [5, 5.41) is 3.03. The van der Waals surface area contributed by atoms with E-state index in [2.05, 4.69) is 11.9 Å². The zero-order valence-corrected chi connectivity index (χ0v) is 10.5.